The van der Waals surface area contributed by atoms with E-state index in [1.807, 2.05) is 17.8 Å². The van der Waals surface area contributed by atoms with Crippen LogP contribution in [0, 0.1) is 17.5 Å². The van der Waals surface area contributed by atoms with Crippen LogP contribution in [-0.2, 0) is 0 Å². The lowest BCUT2D eigenvalue weighted by molar-refractivity contribution is 0.365. The Bertz CT molecular complexity index is 689. The molecule has 20 heavy (non-hydrogen) atoms. The van der Waals surface area contributed by atoms with E-state index in [1.54, 1.807) is 13.0 Å². The molecular weight excluding hydrogens is 291 g/mol. The number of aryl methyl sites for hydroxylation is 1. The largest absolute Gasteiger partial charge is 0.330 e. The molecule has 1 fully saturated rings. The molecule has 1 saturated carbocycles. The number of fused-ring (bicyclic) bond motifs is 1. The van der Waals surface area contributed by atoms with E-state index >= 15 is 0 Å². The number of thioether (sulfide) groups is 1. The molecule has 1 aromatic carbocycles. The Kier molecular flexibility index (Phi) is 3.91. The monoisotopic (exact) mass is 310 g/mol. The van der Waals surface area contributed by atoms with Crippen molar-refractivity contribution in [1.82, 2.24) is 9.55 Å². The number of hydrogen-bond acceptors (Lipinski definition) is 2. The summed E-state index contributed by atoms with van der Waals surface area (Å²) < 4.78 is 16.6. The smallest absolute Gasteiger partial charge is 0.178 e. The second kappa shape index (κ2) is 5.53. The van der Waals surface area contributed by atoms with Gasteiger partial charge in [0.25, 0.3) is 0 Å². The Morgan fingerprint density at radius 3 is 2.95 bits per heavy atom. The zero-order valence-corrected chi connectivity index (χ0v) is 13.4. The summed E-state index contributed by atoms with van der Waals surface area (Å²) in [5.41, 5.74) is 2.53. The zero-order valence-electron chi connectivity index (χ0n) is 11.8. The van der Waals surface area contributed by atoms with Crippen molar-refractivity contribution in [2.75, 3.05) is 6.26 Å². The Balaban J connectivity index is 2.08. The van der Waals surface area contributed by atoms with E-state index in [4.69, 9.17) is 12.2 Å². The van der Waals surface area contributed by atoms with Gasteiger partial charge in [0.2, 0.25) is 0 Å². The molecular formula is C15H19FN2S2. The third-order valence-corrected chi connectivity index (χ3v) is 5.69. The van der Waals surface area contributed by atoms with Crippen LogP contribution >= 0.6 is 24.0 Å². The van der Waals surface area contributed by atoms with Crippen LogP contribution in [0.3, 0.4) is 0 Å². The highest BCUT2D eigenvalue weighted by Crippen LogP contribution is 2.36. The summed E-state index contributed by atoms with van der Waals surface area (Å²) in [4.78, 5) is 3.16. The highest BCUT2D eigenvalue weighted by Gasteiger charge is 2.24. The number of nitrogens with one attached hydrogen (secondary N) is 1. The number of imidazole rings is 1. The van der Waals surface area contributed by atoms with Gasteiger partial charge in [-0.3, -0.25) is 0 Å². The summed E-state index contributed by atoms with van der Waals surface area (Å²) in [6.07, 6.45) is 7.03. The molecule has 1 aliphatic rings. The van der Waals surface area contributed by atoms with Crippen molar-refractivity contribution in [3.63, 3.8) is 0 Å². The van der Waals surface area contributed by atoms with Gasteiger partial charge >= 0.3 is 0 Å². The van der Waals surface area contributed by atoms with Gasteiger partial charge in [-0.25, -0.2) is 4.39 Å². The van der Waals surface area contributed by atoms with E-state index in [-0.39, 0.29) is 5.82 Å². The SMILES string of the molecule is CSC1CCCC(n2c(=S)[nH]c3cc(F)c(C)cc32)C1. The second-order valence-corrected chi connectivity index (χ2v) is 7.12. The van der Waals surface area contributed by atoms with Gasteiger partial charge in [0, 0.05) is 11.3 Å². The summed E-state index contributed by atoms with van der Waals surface area (Å²) in [5, 5.41) is 0.710. The average molecular weight is 310 g/mol. The van der Waals surface area contributed by atoms with Crippen molar-refractivity contribution in [3.8, 4) is 0 Å². The van der Waals surface area contributed by atoms with Crippen LogP contribution in [0.2, 0.25) is 0 Å². The predicted molar refractivity (Wildman–Crippen MR) is 86.6 cm³/mol. The van der Waals surface area contributed by atoms with Gasteiger partial charge in [0.05, 0.1) is 11.0 Å². The standard InChI is InChI=1S/C15H19FN2S2/c1-9-6-14-13(8-12(9)16)17-15(19)18(14)10-4-3-5-11(7-10)20-2/h6,8,10-11H,3-5,7H2,1-2H3,(H,17,19). The number of H-pyrrole nitrogens is 1. The molecule has 0 amide bonds. The van der Waals surface area contributed by atoms with Gasteiger partial charge in [0.1, 0.15) is 5.82 Å². The lowest BCUT2D eigenvalue weighted by atomic mass is 9.94. The third-order valence-electron chi connectivity index (χ3n) is 4.29. The van der Waals surface area contributed by atoms with Crippen molar-refractivity contribution < 1.29 is 4.39 Å². The van der Waals surface area contributed by atoms with Gasteiger partial charge in [-0.15, -0.1) is 0 Å². The predicted octanol–water partition coefficient (Wildman–Crippen LogP) is 4.99. The topological polar surface area (TPSA) is 20.7 Å². The van der Waals surface area contributed by atoms with Crippen molar-refractivity contribution in [2.24, 2.45) is 0 Å². The molecule has 1 N–H and O–H groups in total. The molecule has 1 aromatic heterocycles. The normalized spacial score (nSPS) is 23.4. The molecule has 2 aromatic rings. The van der Waals surface area contributed by atoms with Crippen LogP contribution in [0.1, 0.15) is 37.3 Å². The summed E-state index contributed by atoms with van der Waals surface area (Å²) in [7, 11) is 0. The highest BCUT2D eigenvalue weighted by molar-refractivity contribution is 7.99. The van der Waals surface area contributed by atoms with Crippen molar-refractivity contribution in [3.05, 3.63) is 28.3 Å². The lowest BCUT2D eigenvalue weighted by Crippen LogP contribution is -2.20. The van der Waals surface area contributed by atoms with Crippen LogP contribution in [0.4, 0.5) is 4.39 Å². The molecule has 0 bridgehead atoms. The molecule has 0 radical (unpaired) electrons. The fourth-order valence-electron chi connectivity index (χ4n) is 3.18. The van der Waals surface area contributed by atoms with Crippen molar-refractivity contribution >= 4 is 35.0 Å². The van der Waals surface area contributed by atoms with E-state index < -0.39 is 0 Å². The molecule has 0 aliphatic heterocycles. The minimum atomic E-state index is -0.175. The van der Waals surface area contributed by atoms with Crippen LogP contribution in [0.25, 0.3) is 11.0 Å². The van der Waals surface area contributed by atoms with Crippen molar-refractivity contribution in [1.29, 1.82) is 0 Å². The second-order valence-electron chi connectivity index (χ2n) is 5.60. The number of aromatic amines is 1. The Labute approximate surface area is 127 Å². The summed E-state index contributed by atoms with van der Waals surface area (Å²) >= 11 is 7.42. The molecule has 1 heterocycles. The zero-order chi connectivity index (χ0) is 14.3. The van der Waals surface area contributed by atoms with Crippen molar-refractivity contribution in [2.45, 2.75) is 43.9 Å². The first-order valence-corrected chi connectivity index (χ1v) is 8.73. The summed E-state index contributed by atoms with van der Waals surface area (Å²) in [6, 6.07) is 3.92. The first-order valence-electron chi connectivity index (χ1n) is 7.03. The van der Waals surface area contributed by atoms with Gasteiger partial charge in [-0.2, -0.15) is 11.8 Å². The molecule has 5 heteroatoms. The van der Waals surface area contributed by atoms with E-state index in [9.17, 15) is 4.39 Å². The number of benzene rings is 1. The maximum absolute atomic E-state index is 13.7. The molecule has 0 saturated heterocycles. The number of hydrogen-bond donors (Lipinski definition) is 1. The van der Waals surface area contributed by atoms with E-state index in [1.165, 1.54) is 12.8 Å². The number of rotatable bonds is 2. The molecule has 2 atom stereocenters. The molecule has 1 aliphatic carbocycles. The summed E-state index contributed by atoms with van der Waals surface area (Å²) in [6.45, 7) is 1.81. The van der Waals surface area contributed by atoms with Crippen LogP contribution in [0.15, 0.2) is 12.1 Å². The molecule has 2 nitrogen and oxygen atoms in total. The number of nitrogens with zero attached hydrogens (tertiary/aromatic N) is 1. The molecule has 108 valence electrons. The van der Waals surface area contributed by atoms with E-state index in [0.717, 1.165) is 28.6 Å². The average Bonchev–Trinajstić information content (AvgIpc) is 2.74. The first kappa shape index (κ1) is 14.1. The molecule has 2 unspecified atom stereocenters. The Morgan fingerprint density at radius 1 is 1.40 bits per heavy atom. The van der Waals surface area contributed by atoms with Crippen LogP contribution < -0.4 is 0 Å². The number of halogens is 1. The van der Waals surface area contributed by atoms with Gasteiger partial charge in [0.15, 0.2) is 4.77 Å². The minimum Gasteiger partial charge on any atom is -0.330 e. The van der Waals surface area contributed by atoms with Gasteiger partial charge in [-0.1, -0.05) is 6.42 Å². The lowest BCUT2D eigenvalue weighted by Gasteiger charge is -2.29. The molecule has 0 spiro atoms. The minimum absolute atomic E-state index is 0.175. The highest BCUT2D eigenvalue weighted by atomic mass is 32.2. The quantitative estimate of drug-likeness (QED) is 0.789. The number of aromatic nitrogens is 2. The van der Waals surface area contributed by atoms with Crippen LogP contribution in [-0.4, -0.2) is 21.1 Å². The molecule has 3 rings (SSSR count). The van der Waals surface area contributed by atoms with E-state index in [2.05, 4.69) is 15.8 Å². The first-order chi connectivity index (χ1) is 9.60. The van der Waals surface area contributed by atoms with E-state index in [0.29, 0.717) is 16.9 Å². The fourth-order valence-corrected chi connectivity index (χ4v) is 4.36. The van der Waals surface area contributed by atoms with Gasteiger partial charge < -0.3 is 9.55 Å². The summed E-state index contributed by atoms with van der Waals surface area (Å²) in [5.74, 6) is -0.175. The van der Waals surface area contributed by atoms with Crippen LogP contribution in [0.5, 0.6) is 0 Å². The Hall–Kier alpha value is -0.810. The third kappa shape index (κ3) is 2.42. The van der Waals surface area contributed by atoms with Gasteiger partial charge in [-0.05, 0) is 62.4 Å². The maximum Gasteiger partial charge on any atom is 0.178 e. The Morgan fingerprint density at radius 2 is 2.20 bits per heavy atom. The fraction of sp³-hybridized carbons (Fsp3) is 0.533. The maximum atomic E-state index is 13.7.